The molecular weight excluding hydrogens is 261 g/mol. The van der Waals surface area contributed by atoms with E-state index in [1.807, 2.05) is 0 Å². The first-order valence-electron chi connectivity index (χ1n) is 8.90. The lowest BCUT2D eigenvalue weighted by atomic mass is 10.2. The van der Waals surface area contributed by atoms with Gasteiger partial charge in [-0.1, -0.05) is 57.0 Å². The van der Waals surface area contributed by atoms with Crippen molar-refractivity contribution in [3.05, 3.63) is 0 Å². The number of hydrogen-bond acceptors (Lipinski definition) is 2. The fourth-order valence-corrected chi connectivity index (χ4v) is 6.07. The molecule has 0 bridgehead atoms. The lowest BCUT2D eigenvalue weighted by Gasteiger charge is -2.39. The third-order valence-electron chi connectivity index (χ3n) is 3.98. The number of unbranched alkanes of at least 4 members (excludes halogenated alkanes) is 2. The van der Waals surface area contributed by atoms with Gasteiger partial charge in [-0.3, -0.25) is 4.90 Å². The van der Waals surface area contributed by atoms with E-state index in [0.29, 0.717) is 18.3 Å². The first-order chi connectivity index (χ1) is 9.47. The molecule has 0 aliphatic carbocycles. The summed E-state index contributed by atoms with van der Waals surface area (Å²) in [5.41, 5.74) is 0. The highest BCUT2D eigenvalue weighted by Gasteiger charge is 2.28. The highest BCUT2D eigenvalue weighted by Crippen LogP contribution is 2.20. The molecule has 0 heterocycles. The number of rotatable bonds is 12. The van der Waals surface area contributed by atoms with Gasteiger partial charge in [-0.25, -0.2) is 0 Å². The molecule has 0 aliphatic heterocycles. The van der Waals surface area contributed by atoms with E-state index in [1.165, 1.54) is 36.2 Å². The van der Waals surface area contributed by atoms with Gasteiger partial charge in [-0.05, 0) is 34.1 Å². The predicted octanol–water partition coefficient (Wildman–Crippen LogP) is 5.45. The Labute approximate surface area is 133 Å². The minimum absolute atomic E-state index is 0.334. The minimum atomic E-state index is -1.02. The highest BCUT2D eigenvalue weighted by atomic mass is 27.2. The van der Waals surface area contributed by atoms with Crippen LogP contribution in [-0.2, 0) is 3.79 Å². The van der Waals surface area contributed by atoms with Crippen molar-refractivity contribution < 1.29 is 3.79 Å². The van der Waals surface area contributed by atoms with Crippen molar-refractivity contribution >= 4 is 14.5 Å². The second-order valence-corrected chi connectivity index (χ2v) is 9.21. The number of nitrogens with zero attached hydrogens (tertiary/aromatic N) is 1. The van der Waals surface area contributed by atoms with Crippen LogP contribution < -0.4 is 0 Å². The average molecular weight is 299 g/mol. The molecule has 120 valence electrons. The monoisotopic (exact) mass is 299 g/mol. The van der Waals surface area contributed by atoms with Crippen LogP contribution in [0.4, 0.5) is 0 Å². The van der Waals surface area contributed by atoms with E-state index in [1.54, 1.807) is 0 Å². The molecule has 20 heavy (non-hydrogen) atoms. The molecule has 0 fully saturated rings. The SMILES string of the molecule is CCC[CH2][Al]([CH2]CCC)[O]C(CC)N(C(C)C)C(C)C. The van der Waals surface area contributed by atoms with Crippen LogP contribution in [0.25, 0.3) is 0 Å². The van der Waals surface area contributed by atoms with E-state index >= 15 is 0 Å². The highest BCUT2D eigenvalue weighted by molar-refractivity contribution is 6.51. The van der Waals surface area contributed by atoms with Crippen molar-refractivity contribution in [2.75, 3.05) is 0 Å². The van der Waals surface area contributed by atoms with Gasteiger partial charge in [0, 0.05) is 12.1 Å². The Hall–Kier alpha value is 0.452. The van der Waals surface area contributed by atoms with E-state index in [0.717, 1.165) is 6.42 Å². The molecule has 2 nitrogen and oxygen atoms in total. The first-order valence-corrected chi connectivity index (χ1v) is 11.0. The Balaban J connectivity index is 4.65. The van der Waals surface area contributed by atoms with E-state index in [2.05, 4.69) is 53.4 Å². The molecule has 0 saturated carbocycles. The smallest absolute Gasteiger partial charge is 0.461 e. The molecule has 0 aliphatic rings. The molecule has 0 spiro atoms. The van der Waals surface area contributed by atoms with Crippen LogP contribution in [0.2, 0.25) is 10.6 Å². The summed E-state index contributed by atoms with van der Waals surface area (Å²) < 4.78 is 6.65. The van der Waals surface area contributed by atoms with Crippen LogP contribution in [0.3, 0.4) is 0 Å². The molecule has 0 aromatic carbocycles. The fraction of sp³-hybridized carbons (Fsp3) is 1.00. The molecule has 1 atom stereocenters. The first kappa shape index (κ1) is 20.5. The van der Waals surface area contributed by atoms with Crippen LogP contribution in [0.1, 0.15) is 80.6 Å². The van der Waals surface area contributed by atoms with Gasteiger partial charge < -0.3 is 3.79 Å². The summed E-state index contributed by atoms with van der Waals surface area (Å²) in [7, 11) is 0. The van der Waals surface area contributed by atoms with Gasteiger partial charge in [-0.2, -0.15) is 0 Å². The largest absolute Gasteiger partial charge is 0.487 e. The maximum Gasteiger partial charge on any atom is 0.461 e. The van der Waals surface area contributed by atoms with E-state index in [-0.39, 0.29) is 0 Å². The Morgan fingerprint density at radius 3 is 1.60 bits per heavy atom. The zero-order valence-electron chi connectivity index (χ0n) is 15.1. The van der Waals surface area contributed by atoms with Gasteiger partial charge in [0.05, 0.1) is 6.23 Å². The van der Waals surface area contributed by atoms with Crippen molar-refractivity contribution in [1.82, 2.24) is 4.90 Å². The Morgan fingerprint density at radius 1 is 0.850 bits per heavy atom. The molecular formula is C17H38AlNO. The lowest BCUT2D eigenvalue weighted by Crippen LogP contribution is -2.48. The normalized spacial score (nSPS) is 13.5. The van der Waals surface area contributed by atoms with E-state index < -0.39 is 14.5 Å². The van der Waals surface area contributed by atoms with Crippen molar-refractivity contribution in [2.45, 2.75) is 109 Å². The molecule has 0 amide bonds. The molecule has 0 rings (SSSR count). The molecule has 1 unspecified atom stereocenters. The van der Waals surface area contributed by atoms with Gasteiger partial charge in [0.15, 0.2) is 0 Å². The van der Waals surface area contributed by atoms with Crippen molar-refractivity contribution in [1.29, 1.82) is 0 Å². The van der Waals surface area contributed by atoms with Gasteiger partial charge in [-0.15, -0.1) is 0 Å². The molecule has 0 radical (unpaired) electrons. The van der Waals surface area contributed by atoms with Crippen molar-refractivity contribution in [2.24, 2.45) is 0 Å². The molecule has 0 N–H and O–H groups in total. The minimum Gasteiger partial charge on any atom is -0.487 e. The number of hydrogen-bond donors (Lipinski definition) is 0. The zero-order chi connectivity index (χ0) is 15.5. The summed E-state index contributed by atoms with van der Waals surface area (Å²) in [6.45, 7) is 16.0. The fourth-order valence-electron chi connectivity index (χ4n) is 3.00. The third kappa shape index (κ3) is 8.03. The quantitative estimate of drug-likeness (QED) is 0.351. The maximum absolute atomic E-state index is 6.65. The molecule has 0 saturated heterocycles. The van der Waals surface area contributed by atoms with Crippen molar-refractivity contribution in [3.63, 3.8) is 0 Å². The van der Waals surface area contributed by atoms with Gasteiger partial charge in [0.2, 0.25) is 0 Å². The Kier molecular flexibility index (Phi) is 12.3. The van der Waals surface area contributed by atoms with Gasteiger partial charge >= 0.3 is 14.5 Å². The van der Waals surface area contributed by atoms with Crippen LogP contribution >= 0.6 is 0 Å². The summed E-state index contributed by atoms with van der Waals surface area (Å²) in [4.78, 5) is 2.55. The average Bonchev–Trinajstić information content (AvgIpc) is 2.39. The van der Waals surface area contributed by atoms with Gasteiger partial charge in [0.1, 0.15) is 0 Å². The lowest BCUT2D eigenvalue weighted by molar-refractivity contribution is -0.0235. The van der Waals surface area contributed by atoms with E-state index in [4.69, 9.17) is 3.79 Å². The third-order valence-corrected chi connectivity index (χ3v) is 6.79. The summed E-state index contributed by atoms with van der Waals surface area (Å²) in [6.07, 6.45) is 6.74. The predicted molar refractivity (Wildman–Crippen MR) is 92.5 cm³/mol. The Bertz CT molecular complexity index is 205. The molecule has 0 aromatic rings. The van der Waals surface area contributed by atoms with Crippen LogP contribution in [0.5, 0.6) is 0 Å². The summed E-state index contributed by atoms with van der Waals surface area (Å²) >= 11 is -1.02. The van der Waals surface area contributed by atoms with E-state index in [9.17, 15) is 0 Å². The zero-order valence-corrected chi connectivity index (χ0v) is 16.3. The topological polar surface area (TPSA) is 12.5 Å². The summed E-state index contributed by atoms with van der Waals surface area (Å²) in [5, 5.41) is 2.72. The summed E-state index contributed by atoms with van der Waals surface area (Å²) in [6, 6.07) is 1.12. The second kappa shape index (κ2) is 12.0. The van der Waals surface area contributed by atoms with Crippen LogP contribution in [0, 0.1) is 0 Å². The Morgan fingerprint density at radius 2 is 1.30 bits per heavy atom. The van der Waals surface area contributed by atoms with Crippen LogP contribution in [0.15, 0.2) is 0 Å². The van der Waals surface area contributed by atoms with Crippen molar-refractivity contribution in [3.8, 4) is 0 Å². The van der Waals surface area contributed by atoms with Gasteiger partial charge in [0.25, 0.3) is 0 Å². The standard InChI is InChI=1S/C9H20NO.2C4H9.Al/c1-6-9(11)10(7(2)3)8(4)5;2*1-3-4-2;/h7-9H,6H2,1-5H3;2*1,3-4H2,2H3;/q-1;;;+1. The molecule has 0 aromatic heterocycles. The molecule has 3 heteroatoms. The summed E-state index contributed by atoms with van der Waals surface area (Å²) in [5.74, 6) is 0. The second-order valence-electron chi connectivity index (χ2n) is 6.54. The maximum atomic E-state index is 6.65. The van der Waals surface area contributed by atoms with Crippen LogP contribution in [-0.4, -0.2) is 37.7 Å².